The van der Waals surface area contributed by atoms with Gasteiger partial charge in [-0.25, -0.2) is 4.99 Å². The second-order valence-corrected chi connectivity index (χ2v) is 5.21. The van der Waals surface area contributed by atoms with Crippen molar-refractivity contribution in [2.45, 2.75) is 32.7 Å². The van der Waals surface area contributed by atoms with Crippen LogP contribution in [0.3, 0.4) is 0 Å². The lowest BCUT2D eigenvalue weighted by atomic mass is 10.2. The van der Waals surface area contributed by atoms with E-state index in [-0.39, 0.29) is 24.0 Å². The Morgan fingerprint density at radius 3 is 2.55 bits per heavy atom. The fourth-order valence-corrected chi connectivity index (χ4v) is 2.20. The molecule has 0 unspecified atom stereocenters. The second kappa shape index (κ2) is 10.5. The van der Waals surface area contributed by atoms with Crippen LogP contribution in [0.25, 0.3) is 0 Å². The van der Waals surface area contributed by atoms with Crippen molar-refractivity contribution in [2.75, 3.05) is 19.7 Å². The Balaban J connectivity index is 0.00000242. The number of nitrogens with zero attached hydrogens (tertiary/aromatic N) is 1. The Morgan fingerprint density at radius 1 is 1.23 bits per heavy atom. The third-order valence-corrected chi connectivity index (χ3v) is 3.34. The fraction of sp³-hybridized carbons (Fsp3) is 0.471. The average molecular weight is 415 g/mol. The summed E-state index contributed by atoms with van der Waals surface area (Å²) in [7, 11) is 0. The number of aryl methyl sites for hydroxylation is 1. The zero-order valence-electron chi connectivity index (χ0n) is 13.3. The highest BCUT2D eigenvalue weighted by Gasteiger charge is 2.11. The molecule has 0 saturated carbocycles. The zero-order valence-corrected chi connectivity index (χ0v) is 15.7. The van der Waals surface area contributed by atoms with Crippen LogP contribution in [0.5, 0.6) is 5.75 Å². The first-order valence-electron chi connectivity index (χ1n) is 7.67. The quantitative estimate of drug-likeness (QED) is 0.247. The molecule has 0 bridgehead atoms. The molecule has 22 heavy (non-hydrogen) atoms. The van der Waals surface area contributed by atoms with E-state index in [0.29, 0.717) is 19.2 Å². The lowest BCUT2D eigenvalue weighted by molar-refractivity contribution is 0.328. The normalized spacial score (nSPS) is 14.5. The van der Waals surface area contributed by atoms with Crippen LogP contribution in [-0.2, 0) is 0 Å². The molecule has 0 aliphatic heterocycles. The van der Waals surface area contributed by atoms with E-state index >= 15 is 0 Å². The zero-order chi connectivity index (χ0) is 14.9. The van der Waals surface area contributed by atoms with Crippen LogP contribution in [-0.4, -0.2) is 31.7 Å². The number of guanidine groups is 1. The monoisotopic (exact) mass is 415 g/mol. The summed E-state index contributed by atoms with van der Waals surface area (Å²) < 4.78 is 5.68. The molecular weight excluding hydrogens is 389 g/mol. The van der Waals surface area contributed by atoms with Gasteiger partial charge in [-0.15, -0.1) is 24.0 Å². The summed E-state index contributed by atoms with van der Waals surface area (Å²) >= 11 is 0. The molecule has 4 nitrogen and oxygen atoms in total. The van der Waals surface area contributed by atoms with Gasteiger partial charge in [0.2, 0.25) is 0 Å². The maximum atomic E-state index is 5.68. The number of ether oxygens (including phenoxy) is 1. The smallest absolute Gasteiger partial charge is 0.191 e. The minimum atomic E-state index is 0. The summed E-state index contributed by atoms with van der Waals surface area (Å²) in [6, 6.07) is 8.56. The van der Waals surface area contributed by atoms with E-state index in [9.17, 15) is 0 Å². The number of hydrogen-bond donors (Lipinski definition) is 2. The Morgan fingerprint density at radius 2 is 1.91 bits per heavy atom. The van der Waals surface area contributed by atoms with Crippen LogP contribution in [0.4, 0.5) is 0 Å². The van der Waals surface area contributed by atoms with Crippen molar-refractivity contribution in [1.82, 2.24) is 10.6 Å². The van der Waals surface area contributed by atoms with E-state index < -0.39 is 0 Å². The molecule has 5 heteroatoms. The second-order valence-electron chi connectivity index (χ2n) is 5.21. The van der Waals surface area contributed by atoms with Gasteiger partial charge < -0.3 is 15.4 Å². The van der Waals surface area contributed by atoms with Crippen molar-refractivity contribution < 1.29 is 4.74 Å². The summed E-state index contributed by atoms with van der Waals surface area (Å²) in [6.45, 7) is 6.24. The van der Waals surface area contributed by atoms with Gasteiger partial charge in [-0.2, -0.15) is 0 Å². The van der Waals surface area contributed by atoms with Gasteiger partial charge in [0.15, 0.2) is 5.96 Å². The maximum absolute atomic E-state index is 5.68. The van der Waals surface area contributed by atoms with Crippen molar-refractivity contribution in [3.63, 3.8) is 0 Å². The third-order valence-electron chi connectivity index (χ3n) is 3.34. The summed E-state index contributed by atoms with van der Waals surface area (Å²) in [4.78, 5) is 4.55. The van der Waals surface area contributed by atoms with Crippen LogP contribution in [0.2, 0.25) is 0 Å². The minimum Gasteiger partial charge on any atom is -0.492 e. The van der Waals surface area contributed by atoms with E-state index in [1.165, 1.54) is 5.56 Å². The Kier molecular flexibility index (Phi) is 8.96. The summed E-state index contributed by atoms with van der Waals surface area (Å²) in [5.74, 6) is 1.77. The van der Waals surface area contributed by atoms with E-state index in [4.69, 9.17) is 4.74 Å². The van der Waals surface area contributed by atoms with Crippen LogP contribution in [0, 0.1) is 6.92 Å². The predicted octanol–water partition coefficient (Wildman–Crippen LogP) is 3.27. The summed E-state index contributed by atoms with van der Waals surface area (Å²) in [5.41, 5.74) is 1.24. The van der Waals surface area contributed by atoms with E-state index in [2.05, 4.69) is 53.8 Å². The molecule has 2 rings (SSSR count). The molecule has 0 fully saturated rings. The van der Waals surface area contributed by atoms with Crippen LogP contribution in [0.15, 0.2) is 41.4 Å². The molecule has 0 heterocycles. The van der Waals surface area contributed by atoms with E-state index in [0.717, 1.165) is 31.1 Å². The first-order valence-corrected chi connectivity index (χ1v) is 7.67. The molecular formula is C17H26IN3O. The molecule has 0 radical (unpaired) electrons. The number of hydrogen-bond acceptors (Lipinski definition) is 2. The number of nitrogens with one attached hydrogen (secondary N) is 2. The SMILES string of the molecule is CCNC(=NCCOc1ccc(C)cc1)NC1CC=CC1.I. The topological polar surface area (TPSA) is 45.7 Å². The molecule has 0 spiro atoms. The molecule has 122 valence electrons. The summed E-state index contributed by atoms with van der Waals surface area (Å²) in [5, 5.41) is 6.72. The number of aliphatic imine (C=N–C) groups is 1. The average Bonchev–Trinajstić information content (AvgIpc) is 2.98. The predicted molar refractivity (Wildman–Crippen MR) is 103 cm³/mol. The Hall–Kier alpha value is -1.24. The highest BCUT2D eigenvalue weighted by atomic mass is 127. The lowest BCUT2D eigenvalue weighted by Gasteiger charge is -2.16. The fourth-order valence-electron chi connectivity index (χ4n) is 2.20. The van der Waals surface area contributed by atoms with Gasteiger partial charge in [0.05, 0.1) is 6.54 Å². The highest BCUT2D eigenvalue weighted by Crippen LogP contribution is 2.11. The van der Waals surface area contributed by atoms with E-state index in [1.807, 2.05) is 12.1 Å². The lowest BCUT2D eigenvalue weighted by Crippen LogP contribution is -2.42. The molecule has 1 aliphatic carbocycles. The largest absolute Gasteiger partial charge is 0.492 e. The Bertz CT molecular complexity index is 477. The molecule has 0 atom stereocenters. The van der Waals surface area contributed by atoms with Crippen molar-refractivity contribution >= 4 is 29.9 Å². The van der Waals surface area contributed by atoms with Gasteiger partial charge in [0.25, 0.3) is 0 Å². The van der Waals surface area contributed by atoms with Gasteiger partial charge in [0.1, 0.15) is 12.4 Å². The number of benzene rings is 1. The molecule has 2 N–H and O–H groups in total. The van der Waals surface area contributed by atoms with Gasteiger partial charge >= 0.3 is 0 Å². The van der Waals surface area contributed by atoms with Gasteiger partial charge in [-0.05, 0) is 38.8 Å². The Labute approximate surface area is 150 Å². The number of rotatable bonds is 6. The van der Waals surface area contributed by atoms with E-state index in [1.54, 1.807) is 0 Å². The van der Waals surface area contributed by atoms with Gasteiger partial charge in [-0.3, -0.25) is 0 Å². The molecule has 1 aromatic rings. The molecule has 0 amide bonds. The molecule has 1 aliphatic rings. The molecule has 0 saturated heterocycles. The van der Waals surface area contributed by atoms with Crippen LogP contribution >= 0.6 is 24.0 Å². The first kappa shape index (κ1) is 18.8. The van der Waals surface area contributed by atoms with Gasteiger partial charge in [0, 0.05) is 12.6 Å². The molecule has 0 aromatic heterocycles. The summed E-state index contributed by atoms with van der Waals surface area (Å²) in [6.07, 6.45) is 6.57. The standard InChI is InChI=1S/C17H25N3O.HI/c1-3-18-17(20-15-6-4-5-7-15)19-12-13-21-16-10-8-14(2)9-11-16;/h4-5,8-11,15H,3,6-7,12-13H2,1-2H3,(H2,18,19,20);1H. The van der Waals surface area contributed by atoms with Crippen molar-refractivity contribution in [1.29, 1.82) is 0 Å². The minimum absolute atomic E-state index is 0. The highest BCUT2D eigenvalue weighted by molar-refractivity contribution is 14.0. The van der Waals surface area contributed by atoms with Crippen LogP contribution < -0.4 is 15.4 Å². The molecule has 1 aromatic carbocycles. The van der Waals surface area contributed by atoms with Crippen molar-refractivity contribution in [3.05, 3.63) is 42.0 Å². The van der Waals surface area contributed by atoms with Gasteiger partial charge in [-0.1, -0.05) is 29.8 Å². The van der Waals surface area contributed by atoms with Crippen molar-refractivity contribution in [2.24, 2.45) is 4.99 Å². The first-order chi connectivity index (χ1) is 10.3. The number of halogens is 1. The van der Waals surface area contributed by atoms with Crippen LogP contribution in [0.1, 0.15) is 25.3 Å². The van der Waals surface area contributed by atoms with Crippen molar-refractivity contribution in [3.8, 4) is 5.75 Å². The maximum Gasteiger partial charge on any atom is 0.191 e. The third kappa shape index (κ3) is 6.68.